The molecular formula is C22H23N3O. The quantitative estimate of drug-likeness (QED) is 0.664. The summed E-state index contributed by atoms with van der Waals surface area (Å²) in [5.41, 5.74) is 3.68. The highest BCUT2D eigenvalue weighted by molar-refractivity contribution is 6.30. The standard InChI is InChI=1S/C22H23N3O/c26-22-20-16-8-2-3-9-17(16)23-18-10-6-11-19(21(18)20)25(22)15-7-14-24-12-4-1-5-13-24/h2-3,6,8-11H,1,4-5,7,12-15H2. The Morgan fingerprint density at radius 3 is 2.58 bits per heavy atom. The average molecular weight is 345 g/mol. The normalized spacial score (nSPS) is 17.5. The third kappa shape index (κ3) is 2.48. The van der Waals surface area contributed by atoms with E-state index in [-0.39, 0.29) is 5.91 Å². The number of piperidine rings is 1. The minimum atomic E-state index is 0.133. The Labute approximate surface area is 153 Å². The molecule has 2 aliphatic rings. The predicted octanol–water partition coefficient (Wildman–Crippen LogP) is 4.22. The predicted molar refractivity (Wildman–Crippen MR) is 106 cm³/mol. The van der Waals surface area contributed by atoms with Gasteiger partial charge in [0.2, 0.25) is 0 Å². The third-order valence-corrected chi connectivity index (χ3v) is 5.74. The zero-order valence-corrected chi connectivity index (χ0v) is 14.9. The maximum absolute atomic E-state index is 13.3. The van der Waals surface area contributed by atoms with Crippen LogP contribution in [0.4, 0.5) is 5.69 Å². The number of aromatic nitrogens is 1. The molecular weight excluding hydrogens is 322 g/mol. The molecule has 0 aliphatic carbocycles. The summed E-state index contributed by atoms with van der Waals surface area (Å²) in [7, 11) is 0. The molecule has 4 nitrogen and oxygen atoms in total. The second-order valence-corrected chi connectivity index (χ2v) is 7.39. The topological polar surface area (TPSA) is 36.4 Å². The summed E-state index contributed by atoms with van der Waals surface area (Å²) in [4.78, 5) is 22.5. The van der Waals surface area contributed by atoms with Gasteiger partial charge in [0.15, 0.2) is 0 Å². The summed E-state index contributed by atoms with van der Waals surface area (Å²) in [6.45, 7) is 4.27. The Bertz CT molecular complexity index is 991. The number of carbonyl (C=O) groups excluding carboxylic acids is 1. The molecule has 5 rings (SSSR count). The molecule has 0 unspecified atom stereocenters. The molecule has 0 spiro atoms. The van der Waals surface area contributed by atoms with Crippen LogP contribution in [-0.4, -0.2) is 42.0 Å². The Morgan fingerprint density at radius 2 is 1.69 bits per heavy atom. The molecule has 1 fully saturated rings. The van der Waals surface area contributed by atoms with Gasteiger partial charge in [-0.05, 0) is 57.1 Å². The fourth-order valence-electron chi connectivity index (χ4n) is 4.47. The summed E-state index contributed by atoms with van der Waals surface area (Å²) in [6, 6.07) is 14.1. The van der Waals surface area contributed by atoms with Crippen LogP contribution in [0.5, 0.6) is 0 Å². The van der Waals surface area contributed by atoms with Crippen molar-refractivity contribution in [3.63, 3.8) is 0 Å². The van der Waals surface area contributed by atoms with E-state index in [0.717, 1.165) is 52.6 Å². The van der Waals surface area contributed by atoms with Crippen LogP contribution in [0.25, 0.3) is 21.8 Å². The highest BCUT2D eigenvalue weighted by atomic mass is 16.2. The minimum absolute atomic E-state index is 0.133. The molecule has 4 heteroatoms. The van der Waals surface area contributed by atoms with E-state index in [9.17, 15) is 4.79 Å². The molecule has 0 bridgehead atoms. The minimum Gasteiger partial charge on any atom is -0.308 e. The smallest absolute Gasteiger partial charge is 0.259 e. The number of fused-ring (bicyclic) bond motifs is 2. The van der Waals surface area contributed by atoms with E-state index < -0.39 is 0 Å². The third-order valence-electron chi connectivity index (χ3n) is 5.74. The van der Waals surface area contributed by atoms with Crippen LogP contribution in [0.15, 0.2) is 42.5 Å². The average Bonchev–Trinajstić information content (AvgIpc) is 2.97. The fraction of sp³-hybridized carbons (Fsp3) is 0.364. The number of hydrogen-bond donors (Lipinski definition) is 0. The lowest BCUT2D eigenvalue weighted by molar-refractivity contribution is 0.0993. The van der Waals surface area contributed by atoms with Gasteiger partial charge < -0.3 is 9.80 Å². The molecule has 132 valence electrons. The van der Waals surface area contributed by atoms with Crippen LogP contribution >= 0.6 is 0 Å². The number of amides is 1. The zero-order valence-electron chi connectivity index (χ0n) is 14.9. The van der Waals surface area contributed by atoms with Crippen LogP contribution in [0.2, 0.25) is 0 Å². The van der Waals surface area contributed by atoms with Crippen LogP contribution < -0.4 is 4.90 Å². The SMILES string of the molecule is O=C1c2c3ccccc3nc3cccc(c23)N1CCCN1CCCCC1. The summed E-state index contributed by atoms with van der Waals surface area (Å²) < 4.78 is 0. The van der Waals surface area contributed by atoms with E-state index >= 15 is 0 Å². The largest absolute Gasteiger partial charge is 0.308 e. The Kier molecular flexibility index (Phi) is 3.86. The van der Waals surface area contributed by atoms with Gasteiger partial charge in [0.25, 0.3) is 5.91 Å². The van der Waals surface area contributed by atoms with E-state index in [0.29, 0.717) is 0 Å². The lowest BCUT2D eigenvalue weighted by atomic mass is 10.0. The van der Waals surface area contributed by atoms with Gasteiger partial charge in [-0.1, -0.05) is 30.7 Å². The van der Waals surface area contributed by atoms with Crippen molar-refractivity contribution >= 4 is 33.4 Å². The number of anilines is 1. The summed E-state index contributed by atoms with van der Waals surface area (Å²) in [5.74, 6) is 0.133. The monoisotopic (exact) mass is 345 g/mol. The van der Waals surface area contributed by atoms with Crippen LogP contribution in [0.3, 0.4) is 0 Å². The number of nitrogens with zero attached hydrogens (tertiary/aromatic N) is 3. The number of carbonyl (C=O) groups is 1. The maximum Gasteiger partial charge on any atom is 0.259 e. The van der Waals surface area contributed by atoms with Gasteiger partial charge in [-0.15, -0.1) is 0 Å². The van der Waals surface area contributed by atoms with Crippen molar-refractivity contribution in [2.24, 2.45) is 0 Å². The first kappa shape index (κ1) is 15.8. The molecule has 3 aromatic rings. The lowest BCUT2D eigenvalue weighted by Crippen LogP contribution is -2.34. The van der Waals surface area contributed by atoms with Crippen molar-refractivity contribution in [2.45, 2.75) is 25.7 Å². The van der Waals surface area contributed by atoms with Crippen LogP contribution in [0.1, 0.15) is 36.0 Å². The molecule has 0 N–H and O–H groups in total. The lowest BCUT2D eigenvalue weighted by Gasteiger charge is -2.27. The number of rotatable bonds is 4. The van der Waals surface area contributed by atoms with Gasteiger partial charge in [0, 0.05) is 17.3 Å². The Hall–Kier alpha value is -2.46. The molecule has 0 radical (unpaired) electrons. The van der Waals surface area contributed by atoms with Crippen LogP contribution in [-0.2, 0) is 0 Å². The second-order valence-electron chi connectivity index (χ2n) is 7.39. The Morgan fingerprint density at radius 1 is 0.885 bits per heavy atom. The Balaban J connectivity index is 1.47. The first-order valence-corrected chi connectivity index (χ1v) is 9.68. The number of likely N-dealkylation sites (tertiary alicyclic amines) is 1. The zero-order chi connectivity index (χ0) is 17.5. The van der Waals surface area contributed by atoms with Gasteiger partial charge in [0.05, 0.1) is 22.3 Å². The van der Waals surface area contributed by atoms with Crippen molar-refractivity contribution < 1.29 is 4.79 Å². The summed E-state index contributed by atoms with van der Waals surface area (Å²) in [6.07, 6.45) is 5.00. The number of pyridine rings is 1. The van der Waals surface area contributed by atoms with Crippen molar-refractivity contribution in [1.82, 2.24) is 9.88 Å². The van der Waals surface area contributed by atoms with Crippen molar-refractivity contribution in [3.8, 4) is 0 Å². The van der Waals surface area contributed by atoms with E-state index in [4.69, 9.17) is 4.98 Å². The first-order valence-electron chi connectivity index (χ1n) is 9.68. The second kappa shape index (κ2) is 6.36. The maximum atomic E-state index is 13.3. The van der Waals surface area contributed by atoms with Gasteiger partial charge in [-0.2, -0.15) is 0 Å². The highest BCUT2D eigenvalue weighted by Crippen LogP contribution is 2.40. The van der Waals surface area contributed by atoms with E-state index in [2.05, 4.69) is 11.0 Å². The molecule has 1 amide bonds. The van der Waals surface area contributed by atoms with Gasteiger partial charge >= 0.3 is 0 Å². The molecule has 3 heterocycles. The first-order chi connectivity index (χ1) is 12.8. The number of benzene rings is 2. The van der Waals surface area contributed by atoms with E-state index in [1.807, 2.05) is 41.3 Å². The van der Waals surface area contributed by atoms with Crippen molar-refractivity contribution in [2.75, 3.05) is 31.1 Å². The number of para-hydroxylation sites is 1. The fourth-order valence-corrected chi connectivity index (χ4v) is 4.47. The van der Waals surface area contributed by atoms with Gasteiger partial charge in [-0.3, -0.25) is 4.79 Å². The number of hydrogen-bond acceptors (Lipinski definition) is 3. The van der Waals surface area contributed by atoms with Crippen molar-refractivity contribution in [3.05, 3.63) is 48.0 Å². The summed E-state index contributed by atoms with van der Waals surface area (Å²) in [5, 5.41) is 1.99. The van der Waals surface area contributed by atoms with Crippen LogP contribution in [0, 0.1) is 0 Å². The van der Waals surface area contributed by atoms with Crippen molar-refractivity contribution in [1.29, 1.82) is 0 Å². The summed E-state index contributed by atoms with van der Waals surface area (Å²) >= 11 is 0. The molecule has 1 aromatic heterocycles. The molecule has 0 saturated carbocycles. The van der Waals surface area contributed by atoms with E-state index in [1.165, 1.54) is 32.4 Å². The van der Waals surface area contributed by atoms with Gasteiger partial charge in [0.1, 0.15) is 0 Å². The van der Waals surface area contributed by atoms with Gasteiger partial charge in [-0.25, -0.2) is 4.98 Å². The highest BCUT2D eigenvalue weighted by Gasteiger charge is 2.31. The molecule has 1 saturated heterocycles. The molecule has 26 heavy (non-hydrogen) atoms. The molecule has 2 aromatic carbocycles. The molecule has 2 aliphatic heterocycles. The van der Waals surface area contributed by atoms with E-state index in [1.54, 1.807) is 0 Å². The molecule has 0 atom stereocenters.